The maximum atomic E-state index is 5.46. The Morgan fingerprint density at radius 3 is 2.91 bits per heavy atom. The second-order valence-corrected chi connectivity index (χ2v) is 3.62. The van der Waals surface area contributed by atoms with Gasteiger partial charge in [0.15, 0.2) is 0 Å². The zero-order valence-corrected chi connectivity index (χ0v) is 7.92. The normalized spacial score (nSPS) is 9.64. The number of hydrogen-bond acceptors (Lipinski definition) is 1. The second kappa shape index (κ2) is 4.19. The topological polar surface area (TPSA) is 9.23 Å². The molecule has 0 aromatic heterocycles. The van der Waals surface area contributed by atoms with Crippen LogP contribution in [0.4, 0.5) is 0 Å². The largest absolute Gasteiger partial charge is 0.541 e. The average molecular weight is 164 g/mol. The molecular formula is C9H12OSi. The van der Waals surface area contributed by atoms with Gasteiger partial charge in [-0.3, -0.25) is 0 Å². The first-order valence-corrected chi connectivity index (χ1v) is 4.91. The van der Waals surface area contributed by atoms with Crippen LogP contribution in [0.15, 0.2) is 24.3 Å². The zero-order valence-electron chi connectivity index (χ0n) is 6.92. The highest BCUT2D eigenvalue weighted by atomic mass is 28.2. The van der Waals surface area contributed by atoms with Crippen molar-refractivity contribution in [3.63, 3.8) is 0 Å². The summed E-state index contributed by atoms with van der Waals surface area (Å²) in [7, 11) is 0.589. The van der Waals surface area contributed by atoms with Crippen molar-refractivity contribution < 1.29 is 4.43 Å². The minimum Gasteiger partial charge on any atom is -0.541 e. The standard InChI is InChI=1S/C9H12OSi/c1-3-11-10-9-6-4-5-8(2)7-9/h4-7H,3H2,1-2H3. The summed E-state index contributed by atoms with van der Waals surface area (Å²) in [4.78, 5) is 0. The fraction of sp³-hybridized carbons (Fsp3) is 0.333. The summed E-state index contributed by atoms with van der Waals surface area (Å²) in [5.41, 5.74) is 1.25. The van der Waals surface area contributed by atoms with Gasteiger partial charge in [-0.05, 0) is 30.7 Å². The van der Waals surface area contributed by atoms with Gasteiger partial charge in [0, 0.05) is 0 Å². The minimum absolute atomic E-state index is 0.589. The smallest absolute Gasteiger partial charge is 0.310 e. The highest BCUT2D eigenvalue weighted by Gasteiger charge is 1.92. The molecule has 1 aromatic rings. The van der Waals surface area contributed by atoms with Crippen LogP contribution in [0.2, 0.25) is 6.04 Å². The van der Waals surface area contributed by atoms with E-state index in [1.54, 1.807) is 0 Å². The molecule has 1 aromatic carbocycles. The molecule has 0 N–H and O–H groups in total. The highest BCUT2D eigenvalue weighted by Crippen LogP contribution is 2.11. The molecular weight excluding hydrogens is 152 g/mol. The van der Waals surface area contributed by atoms with Gasteiger partial charge in [0.05, 0.1) is 0 Å². The molecule has 2 radical (unpaired) electrons. The monoisotopic (exact) mass is 164 g/mol. The Hall–Kier alpha value is -0.763. The molecule has 0 spiro atoms. The lowest BCUT2D eigenvalue weighted by Crippen LogP contribution is -1.98. The molecule has 0 atom stereocenters. The van der Waals surface area contributed by atoms with Crippen molar-refractivity contribution in [3.8, 4) is 5.75 Å². The molecule has 11 heavy (non-hydrogen) atoms. The van der Waals surface area contributed by atoms with Gasteiger partial charge < -0.3 is 4.43 Å². The van der Waals surface area contributed by atoms with Crippen LogP contribution in [0.5, 0.6) is 5.75 Å². The van der Waals surface area contributed by atoms with Gasteiger partial charge in [-0.2, -0.15) is 0 Å². The first-order chi connectivity index (χ1) is 5.33. The third-order valence-electron chi connectivity index (χ3n) is 1.32. The summed E-state index contributed by atoms with van der Waals surface area (Å²) in [6.07, 6.45) is 0. The molecule has 0 aliphatic rings. The Morgan fingerprint density at radius 1 is 1.45 bits per heavy atom. The van der Waals surface area contributed by atoms with E-state index in [-0.39, 0.29) is 0 Å². The first-order valence-electron chi connectivity index (χ1n) is 3.79. The van der Waals surface area contributed by atoms with E-state index in [1.165, 1.54) is 5.56 Å². The fourth-order valence-corrected chi connectivity index (χ4v) is 1.27. The van der Waals surface area contributed by atoms with Crippen molar-refractivity contribution in [3.05, 3.63) is 29.8 Å². The Balaban J connectivity index is 2.56. The quantitative estimate of drug-likeness (QED) is 0.623. The van der Waals surface area contributed by atoms with E-state index in [2.05, 4.69) is 26.0 Å². The zero-order chi connectivity index (χ0) is 8.10. The molecule has 0 fully saturated rings. The van der Waals surface area contributed by atoms with Crippen molar-refractivity contribution >= 4 is 9.76 Å². The van der Waals surface area contributed by atoms with Crippen LogP contribution in [-0.2, 0) is 0 Å². The maximum Gasteiger partial charge on any atom is 0.310 e. The van der Waals surface area contributed by atoms with Gasteiger partial charge in [0.25, 0.3) is 0 Å². The van der Waals surface area contributed by atoms with Crippen molar-refractivity contribution in [1.29, 1.82) is 0 Å². The van der Waals surface area contributed by atoms with E-state index >= 15 is 0 Å². The summed E-state index contributed by atoms with van der Waals surface area (Å²) in [5.74, 6) is 0.991. The molecule has 0 bridgehead atoms. The van der Waals surface area contributed by atoms with Crippen LogP contribution in [-0.4, -0.2) is 9.76 Å². The fourth-order valence-electron chi connectivity index (χ4n) is 0.834. The first kappa shape index (κ1) is 8.33. The molecule has 1 rings (SSSR count). The predicted octanol–water partition coefficient (Wildman–Crippen LogP) is 2.43. The number of aryl methyl sites for hydroxylation is 1. The summed E-state index contributed by atoms with van der Waals surface area (Å²) < 4.78 is 5.46. The Morgan fingerprint density at radius 2 is 2.27 bits per heavy atom. The minimum atomic E-state index is 0.589. The summed E-state index contributed by atoms with van der Waals surface area (Å²) in [5, 5.41) is 0. The van der Waals surface area contributed by atoms with E-state index < -0.39 is 0 Å². The third kappa shape index (κ3) is 2.76. The van der Waals surface area contributed by atoms with Gasteiger partial charge in [-0.25, -0.2) is 0 Å². The second-order valence-electron chi connectivity index (χ2n) is 2.42. The van der Waals surface area contributed by atoms with Crippen molar-refractivity contribution in [2.24, 2.45) is 0 Å². The Bertz CT molecular complexity index is 223. The number of hydrogen-bond donors (Lipinski definition) is 0. The summed E-state index contributed by atoms with van der Waals surface area (Å²) in [6.45, 7) is 4.19. The Labute approximate surface area is 70.3 Å². The van der Waals surface area contributed by atoms with Gasteiger partial charge >= 0.3 is 9.76 Å². The van der Waals surface area contributed by atoms with E-state index in [9.17, 15) is 0 Å². The lowest BCUT2D eigenvalue weighted by molar-refractivity contribution is 0.593. The van der Waals surface area contributed by atoms with Gasteiger partial charge in [0.2, 0.25) is 0 Å². The molecule has 0 unspecified atom stereocenters. The molecule has 0 saturated heterocycles. The van der Waals surface area contributed by atoms with Crippen LogP contribution in [0.1, 0.15) is 12.5 Å². The van der Waals surface area contributed by atoms with E-state index in [1.807, 2.05) is 12.1 Å². The molecule has 58 valence electrons. The van der Waals surface area contributed by atoms with E-state index in [4.69, 9.17) is 4.43 Å². The lowest BCUT2D eigenvalue weighted by atomic mass is 10.2. The SMILES string of the molecule is CC[Si]Oc1cccc(C)c1. The molecule has 2 heteroatoms. The predicted molar refractivity (Wildman–Crippen MR) is 48.0 cm³/mol. The number of benzene rings is 1. The van der Waals surface area contributed by atoms with Crippen molar-refractivity contribution in [1.82, 2.24) is 0 Å². The van der Waals surface area contributed by atoms with Crippen LogP contribution < -0.4 is 4.43 Å². The molecule has 0 aliphatic carbocycles. The highest BCUT2D eigenvalue weighted by molar-refractivity contribution is 6.28. The van der Waals surface area contributed by atoms with Gasteiger partial charge in [-0.15, -0.1) is 0 Å². The van der Waals surface area contributed by atoms with Crippen molar-refractivity contribution in [2.45, 2.75) is 19.9 Å². The van der Waals surface area contributed by atoms with E-state index in [0.717, 1.165) is 11.8 Å². The third-order valence-corrected chi connectivity index (χ3v) is 1.99. The van der Waals surface area contributed by atoms with Gasteiger partial charge in [0.1, 0.15) is 5.75 Å². The average Bonchev–Trinajstić information content (AvgIpc) is 2.01. The molecule has 0 heterocycles. The molecule has 1 nitrogen and oxygen atoms in total. The molecule has 0 aliphatic heterocycles. The van der Waals surface area contributed by atoms with E-state index in [0.29, 0.717) is 9.76 Å². The number of rotatable bonds is 3. The maximum absolute atomic E-state index is 5.46. The van der Waals surface area contributed by atoms with Crippen LogP contribution >= 0.6 is 0 Å². The van der Waals surface area contributed by atoms with Crippen LogP contribution in [0, 0.1) is 6.92 Å². The molecule has 0 amide bonds. The van der Waals surface area contributed by atoms with Crippen molar-refractivity contribution in [2.75, 3.05) is 0 Å². The lowest BCUT2D eigenvalue weighted by Gasteiger charge is -2.02. The summed E-state index contributed by atoms with van der Waals surface area (Å²) in [6, 6.07) is 9.24. The molecule has 0 saturated carbocycles. The van der Waals surface area contributed by atoms with Crippen LogP contribution in [0.25, 0.3) is 0 Å². The summed E-state index contributed by atoms with van der Waals surface area (Å²) >= 11 is 0. The van der Waals surface area contributed by atoms with Crippen LogP contribution in [0.3, 0.4) is 0 Å². The Kier molecular flexibility index (Phi) is 3.17. The van der Waals surface area contributed by atoms with Gasteiger partial charge in [-0.1, -0.05) is 19.1 Å².